The number of anilines is 1. The van der Waals surface area contributed by atoms with Crippen molar-refractivity contribution in [1.82, 2.24) is 0 Å². The van der Waals surface area contributed by atoms with E-state index in [1.54, 1.807) is 6.07 Å². The van der Waals surface area contributed by atoms with Crippen molar-refractivity contribution >= 4 is 11.4 Å². The second-order valence-electron chi connectivity index (χ2n) is 2.16. The molecule has 4 nitrogen and oxygen atoms in total. The van der Waals surface area contributed by atoms with Gasteiger partial charge in [-0.05, 0) is 19.1 Å². The van der Waals surface area contributed by atoms with E-state index in [1.807, 2.05) is 39.0 Å². The van der Waals surface area contributed by atoms with E-state index in [0.29, 0.717) is 18.0 Å². The Morgan fingerprint density at radius 2 is 2.00 bits per heavy atom. The summed E-state index contributed by atoms with van der Waals surface area (Å²) in [6.45, 7) is 6.46. The fraction of sp³-hybridized carbons (Fsp3) is 0.400. The minimum atomic E-state index is 0.575. The second kappa shape index (κ2) is 8.19. The van der Waals surface area contributed by atoms with Crippen LogP contribution in [0.3, 0.4) is 0 Å². The topological polar surface area (TPSA) is 57.5 Å². The van der Waals surface area contributed by atoms with Crippen LogP contribution in [0.15, 0.2) is 29.4 Å². The van der Waals surface area contributed by atoms with Gasteiger partial charge in [0.15, 0.2) is 0 Å². The van der Waals surface area contributed by atoms with Crippen LogP contribution in [0.2, 0.25) is 0 Å². The van der Waals surface area contributed by atoms with Gasteiger partial charge in [-0.3, -0.25) is 10.3 Å². The first-order valence-corrected chi connectivity index (χ1v) is 4.72. The van der Waals surface area contributed by atoms with Crippen molar-refractivity contribution in [3.63, 3.8) is 0 Å². The molecule has 0 bridgehead atoms. The quantitative estimate of drug-likeness (QED) is 0.568. The summed E-state index contributed by atoms with van der Waals surface area (Å²) in [6, 6.07) is 7.23. The largest absolute Gasteiger partial charge is 0.276 e. The molecule has 0 atom stereocenters. The van der Waals surface area contributed by atoms with Gasteiger partial charge in [0.25, 0.3) is 0 Å². The maximum Gasteiger partial charge on any atom is 0.110 e. The number of hydrogen-bond acceptors (Lipinski definition) is 4. The lowest BCUT2D eigenvalue weighted by Gasteiger charge is -2.05. The van der Waals surface area contributed by atoms with Crippen LogP contribution >= 0.6 is 0 Å². The summed E-state index contributed by atoms with van der Waals surface area (Å²) in [6.07, 6.45) is 0. The standard InChI is InChI=1S/C8H11N3O.C2H6/c1-2-12-11-8-6-4-3-5-7(8)10-9;1-2/h3-6,9,11H,2H2,1H3;1-2H3. The third-order valence-electron chi connectivity index (χ3n) is 1.35. The minimum Gasteiger partial charge on any atom is -0.276 e. The smallest absolute Gasteiger partial charge is 0.110 e. The summed E-state index contributed by atoms with van der Waals surface area (Å²) >= 11 is 0. The van der Waals surface area contributed by atoms with Gasteiger partial charge < -0.3 is 0 Å². The Hall–Kier alpha value is -1.42. The van der Waals surface area contributed by atoms with Crippen molar-refractivity contribution in [1.29, 1.82) is 5.53 Å². The molecule has 14 heavy (non-hydrogen) atoms. The van der Waals surface area contributed by atoms with Crippen molar-refractivity contribution in [2.45, 2.75) is 20.8 Å². The normalized spacial score (nSPS) is 8.50. The van der Waals surface area contributed by atoms with Gasteiger partial charge in [0.1, 0.15) is 5.69 Å². The average molecular weight is 195 g/mol. The van der Waals surface area contributed by atoms with Crippen LogP contribution in [0.5, 0.6) is 0 Å². The SMILES string of the molecule is CC.CCONc1ccccc1N=N. The molecule has 1 aromatic carbocycles. The van der Waals surface area contributed by atoms with Crippen LogP contribution in [0.25, 0.3) is 0 Å². The number of benzene rings is 1. The Bertz CT molecular complexity index is 263. The highest BCUT2D eigenvalue weighted by molar-refractivity contribution is 5.63. The Kier molecular flexibility index (Phi) is 7.36. The molecule has 0 aliphatic heterocycles. The van der Waals surface area contributed by atoms with Crippen LogP contribution in [0.4, 0.5) is 11.4 Å². The molecule has 0 aromatic heterocycles. The van der Waals surface area contributed by atoms with E-state index in [9.17, 15) is 0 Å². The first-order chi connectivity index (χ1) is 6.88. The maximum absolute atomic E-state index is 6.85. The summed E-state index contributed by atoms with van der Waals surface area (Å²) < 4.78 is 0. The molecule has 0 aliphatic carbocycles. The fourth-order valence-electron chi connectivity index (χ4n) is 0.807. The number of para-hydroxylation sites is 2. The molecular weight excluding hydrogens is 178 g/mol. The van der Waals surface area contributed by atoms with E-state index in [-0.39, 0.29) is 0 Å². The lowest BCUT2D eigenvalue weighted by molar-refractivity contribution is 0.210. The van der Waals surface area contributed by atoms with Crippen molar-refractivity contribution in [2.24, 2.45) is 5.11 Å². The maximum atomic E-state index is 6.85. The van der Waals surface area contributed by atoms with Gasteiger partial charge in [-0.2, -0.15) is 5.11 Å². The second-order valence-corrected chi connectivity index (χ2v) is 2.16. The highest BCUT2D eigenvalue weighted by Gasteiger charge is 1.97. The van der Waals surface area contributed by atoms with Gasteiger partial charge in [0.2, 0.25) is 0 Å². The van der Waals surface area contributed by atoms with Crippen LogP contribution in [0, 0.1) is 5.53 Å². The van der Waals surface area contributed by atoms with E-state index in [2.05, 4.69) is 10.6 Å². The van der Waals surface area contributed by atoms with E-state index < -0.39 is 0 Å². The van der Waals surface area contributed by atoms with Gasteiger partial charge in [0.05, 0.1) is 12.3 Å². The number of nitrogens with one attached hydrogen (secondary N) is 2. The molecule has 1 aromatic rings. The molecule has 0 amide bonds. The molecule has 0 unspecified atom stereocenters. The third kappa shape index (κ3) is 4.00. The van der Waals surface area contributed by atoms with Gasteiger partial charge in [0, 0.05) is 0 Å². The van der Waals surface area contributed by atoms with Crippen molar-refractivity contribution in [2.75, 3.05) is 12.1 Å². The van der Waals surface area contributed by atoms with Crippen molar-refractivity contribution in [3.05, 3.63) is 24.3 Å². The van der Waals surface area contributed by atoms with E-state index in [4.69, 9.17) is 10.4 Å². The fourth-order valence-corrected chi connectivity index (χ4v) is 0.807. The average Bonchev–Trinajstić information content (AvgIpc) is 2.29. The molecule has 0 spiro atoms. The lowest BCUT2D eigenvalue weighted by atomic mass is 10.3. The van der Waals surface area contributed by atoms with Gasteiger partial charge in [-0.1, -0.05) is 26.0 Å². The molecule has 0 heterocycles. The predicted octanol–water partition coefficient (Wildman–Crippen LogP) is 3.74. The molecule has 0 saturated heterocycles. The molecular formula is C10H17N3O. The molecule has 78 valence electrons. The Labute approximate surface area is 84.8 Å². The number of rotatable bonds is 4. The zero-order valence-corrected chi connectivity index (χ0v) is 8.87. The first kappa shape index (κ1) is 12.6. The lowest BCUT2D eigenvalue weighted by Crippen LogP contribution is -1.99. The summed E-state index contributed by atoms with van der Waals surface area (Å²) in [5, 5.41) is 3.33. The van der Waals surface area contributed by atoms with Gasteiger partial charge in [-0.15, -0.1) is 0 Å². The van der Waals surface area contributed by atoms with Crippen LogP contribution in [-0.2, 0) is 4.84 Å². The zero-order chi connectivity index (χ0) is 10.8. The zero-order valence-electron chi connectivity index (χ0n) is 8.87. The molecule has 2 N–H and O–H groups in total. The Morgan fingerprint density at radius 1 is 1.36 bits per heavy atom. The van der Waals surface area contributed by atoms with Crippen molar-refractivity contribution < 1.29 is 4.84 Å². The summed E-state index contributed by atoms with van der Waals surface area (Å²) in [5.74, 6) is 0. The van der Waals surface area contributed by atoms with Crippen molar-refractivity contribution in [3.8, 4) is 0 Å². The monoisotopic (exact) mass is 195 g/mol. The third-order valence-corrected chi connectivity index (χ3v) is 1.35. The summed E-state index contributed by atoms with van der Waals surface area (Å²) in [7, 11) is 0. The molecule has 0 radical (unpaired) electrons. The van der Waals surface area contributed by atoms with Gasteiger partial charge >= 0.3 is 0 Å². The molecule has 4 heteroatoms. The summed E-state index contributed by atoms with van der Waals surface area (Å²) in [5.41, 5.74) is 10.8. The highest BCUT2D eigenvalue weighted by Crippen LogP contribution is 2.23. The molecule has 0 fully saturated rings. The highest BCUT2D eigenvalue weighted by atomic mass is 16.6. The molecule has 1 rings (SSSR count). The van der Waals surface area contributed by atoms with Gasteiger partial charge in [-0.25, -0.2) is 5.53 Å². The van der Waals surface area contributed by atoms with E-state index in [1.165, 1.54) is 0 Å². The number of hydrogen-bond donors (Lipinski definition) is 2. The molecule has 0 saturated carbocycles. The molecule has 0 aliphatic rings. The van der Waals surface area contributed by atoms with E-state index >= 15 is 0 Å². The van der Waals surface area contributed by atoms with E-state index in [0.717, 1.165) is 0 Å². The minimum absolute atomic E-state index is 0.575. The first-order valence-electron chi connectivity index (χ1n) is 4.72. The van der Waals surface area contributed by atoms with Crippen LogP contribution in [-0.4, -0.2) is 6.61 Å². The number of nitrogens with zero attached hydrogens (tertiary/aromatic N) is 1. The summed E-state index contributed by atoms with van der Waals surface area (Å²) in [4.78, 5) is 4.97. The predicted molar refractivity (Wildman–Crippen MR) is 57.8 cm³/mol. The van der Waals surface area contributed by atoms with Crippen LogP contribution < -0.4 is 5.48 Å². The Morgan fingerprint density at radius 3 is 2.57 bits per heavy atom. The van der Waals surface area contributed by atoms with Crippen LogP contribution in [0.1, 0.15) is 20.8 Å². The Balaban J connectivity index is 0.000000791.